The summed E-state index contributed by atoms with van der Waals surface area (Å²) >= 11 is 8.94. The van der Waals surface area contributed by atoms with Crippen molar-refractivity contribution in [2.75, 3.05) is 0 Å². The summed E-state index contributed by atoms with van der Waals surface area (Å²) in [7, 11) is 0. The second-order valence-electron chi connectivity index (χ2n) is 2.23. The Morgan fingerprint density at radius 2 is 2.27 bits per heavy atom. The number of halogens is 2. The summed E-state index contributed by atoms with van der Waals surface area (Å²) in [4.78, 5) is 10.6. The van der Waals surface area contributed by atoms with Crippen molar-refractivity contribution in [1.82, 2.24) is 0 Å². The van der Waals surface area contributed by atoms with Crippen LogP contribution in [-0.2, 0) is 4.79 Å². The van der Waals surface area contributed by atoms with Gasteiger partial charge in [-0.15, -0.1) is 11.6 Å². The molecule has 4 heteroatoms. The van der Waals surface area contributed by atoms with Crippen LogP contribution < -0.4 is 0 Å². The van der Waals surface area contributed by atoms with E-state index in [9.17, 15) is 4.79 Å². The van der Waals surface area contributed by atoms with Crippen molar-refractivity contribution < 1.29 is 9.90 Å². The second kappa shape index (κ2) is 2.99. The van der Waals surface area contributed by atoms with E-state index in [2.05, 4.69) is 15.9 Å². The van der Waals surface area contributed by atoms with Crippen molar-refractivity contribution in [1.29, 1.82) is 0 Å². The minimum atomic E-state index is -0.965. The third-order valence-corrected chi connectivity index (χ3v) is 2.53. The minimum absolute atomic E-state index is 0.700. The van der Waals surface area contributed by atoms with Crippen LogP contribution in [0.3, 0.4) is 0 Å². The number of hydrogen-bond acceptors (Lipinski definition) is 1. The number of hydrogen-bond donors (Lipinski definition) is 1. The monoisotopic (exact) mass is 236 g/mol. The van der Waals surface area contributed by atoms with E-state index < -0.39 is 15.7 Å². The lowest BCUT2D eigenvalue weighted by Crippen LogP contribution is -2.29. The summed E-state index contributed by atoms with van der Waals surface area (Å²) in [6.07, 6.45) is 6.53. The molecule has 2 unspecified atom stereocenters. The van der Waals surface area contributed by atoms with Gasteiger partial charge in [0, 0.05) is 0 Å². The van der Waals surface area contributed by atoms with Crippen molar-refractivity contribution in [2.45, 2.75) is 3.78 Å². The van der Waals surface area contributed by atoms with Gasteiger partial charge in [0.25, 0.3) is 0 Å². The molecule has 1 N–H and O–H groups in total. The molecule has 0 radical (unpaired) electrons. The zero-order chi connectivity index (χ0) is 8.48. The van der Waals surface area contributed by atoms with E-state index in [1.54, 1.807) is 24.3 Å². The van der Waals surface area contributed by atoms with Crippen molar-refractivity contribution in [2.24, 2.45) is 5.92 Å². The molecule has 1 rings (SSSR count). The molecule has 0 aliphatic heterocycles. The zero-order valence-electron chi connectivity index (χ0n) is 5.50. The lowest BCUT2D eigenvalue weighted by atomic mass is 10.0. The lowest BCUT2D eigenvalue weighted by Gasteiger charge is -2.22. The highest BCUT2D eigenvalue weighted by atomic mass is 79.9. The van der Waals surface area contributed by atoms with Gasteiger partial charge in [0.2, 0.25) is 0 Å². The van der Waals surface area contributed by atoms with Gasteiger partial charge < -0.3 is 5.11 Å². The van der Waals surface area contributed by atoms with Crippen LogP contribution in [0.2, 0.25) is 0 Å². The fourth-order valence-corrected chi connectivity index (χ4v) is 1.58. The molecule has 2 nitrogen and oxygen atoms in total. The van der Waals surface area contributed by atoms with Crippen LogP contribution in [0.1, 0.15) is 0 Å². The molecule has 2 atom stereocenters. The Bertz CT molecular complexity index is 233. The van der Waals surface area contributed by atoms with Crippen molar-refractivity contribution in [3.8, 4) is 0 Å². The third-order valence-electron chi connectivity index (χ3n) is 1.41. The van der Waals surface area contributed by atoms with E-state index in [1.807, 2.05) is 0 Å². The molecular formula is C7H6BrClO2. The Balaban J connectivity index is 2.89. The highest BCUT2D eigenvalue weighted by molar-refractivity contribution is 9.10. The fraction of sp³-hybridized carbons (Fsp3) is 0.286. The quantitative estimate of drug-likeness (QED) is 0.710. The average molecular weight is 237 g/mol. The molecule has 0 aromatic heterocycles. The summed E-state index contributed by atoms with van der Waals surface area (Å²) in [5, 5.41) is 8.67. The van der Waals surface area contributed by atoms with Crippen LogP contribution in [0, 0.1) is 5.92 Å². The normalized spacial score (nSPS) is 35.6. The summed E-state index contributed by atoms with van der Waals surface area (Å²) < 4.78 is -0.965. The van der Waals surface area contributed by atoms with Gasteiger partial charge in [-0.1, -0.05) is 40.2 Å². The first kappa shape index (κ1) is 8.81. The number of carboxylic acid groups (broad SMARTS) is 1. The number of alkyl halides is 2. The van der Waals surface area contributed by atoms with Gasteiger partial charge in [-0.2, -0.15) is 0 Å². The van der Waals surface area contributed by atoms with Crippen LogP contribution in [0.15, 0.2) is 24.3 Å². The first-order valence-electron chi connectivity index (χ1n) is 3.01. The van der Waals surface area contributed by atoms with Crippen LogP contribution >= 0.6 is 27.5 Å². The van der Waals surface area contributed by atoms with Crippen molar-refractivity contribution >= 4 is 33.5 Å². The first-order chi connectivity index (χ1) is 5.04. The van der Waals surface area contributed by atoms with E-state index in [0.29, 0.717) is 0 Å². The third kappa shape index (κ3) is 1.84. The van der Waals surface area contributed by atoms with Gasteiger partial charge in [-0.25, -0.2) is 0 Å². The van der Waals surface area contributed by atoms with E-state index in [1.165, 1.54) is 0 Å². The Morgan fingerprint density at radius 3 is 2.64 bits per heavy atom. The lowest BCUT2D eigenvalue weighted by molar-refractivity contribution is -0.140. The summed E-state index contributed by atoms with van der Waals surface area (Å²) in [5.74, 6) is -1.63. The standard InChI is InChI=1S/C7H6BrClO2/c8-7(9)4-2-1-3-5(7)6(10)11/h1-5H,(H,10,11). The van der Waals surface area contributed by atoms with Gasteiger partial charge in [0.15, 0.2) is 0 Å². The molecule has 0 fully saturated rings. The topological polar surface area (TPSA) is 37.3 Å². The SMILES string of the molecule is O=C(O)C1C=CC=CC1(Cl)Br. The molecule has 0 saturated carbocycles. The molecule has 0 spiro atoms. The number of aliphatic carboxylic acids is 1. The van der Waals surface area contributed by atoms with Gasteiger partial charge in [-0.3, -0.25) is 4.79 Å². The van der Waals surface area contributed by atoms with E-state index in [0.717, 1.165) is 0 Å². The van der Waals surface area contributed by atoms with Crippen LogP contribution in [0.4, 0.5) is 0 Å². The first-order valence-corrected chi connectivity index (χ1v) is 4.18. The van der Waals surface area contributed by atoms with Crippen LogP contribution in [0.5, 0.6) is 0 Å². The molecule has 1 aliphatic carbocycles. The molecule has 0 heterocycles. The van der Waals surface area contributed by atoms with E-state index >= 15 is 0 Å². The molecule has 0 amide bonds. The van der Waals surface area contributed by atoms with Crippen molar-refractivity contribution in [3.63, 3.8) is 0 Å². The smallest absolute Gasteiger partial charge is 0.313 e. The van der Waals surface area contributed by atoms with Crippen LogP contribution in [0.25, 0.3) is 0 Å². The molecule has 0 aromatic rings. The number of allylic oxidation sites excluding steroid dienone is 3. The molecule has 11 heavy (non-hydrogen) atoms. The minimum Gasteiger partial charge on any atom is -0.481 e. The maximum Gasteiger partial charge on any atom is 0.313 e. The molecule has 1 aliphatic rings. The van der Waals surface area contributed by atoms with Gasteiger partial charge in [0.1, 0.15) is 9.70 Å². The second-order valence-corrected chi connectivity index (χ2v) is 4.63. The fourth-order valence-electron chi connectivity index (χ4n) is 0.838. The van der Waals surface area contributed by atoms with Gasteiger partial charge >= 0.3 is 5.97 Å². The zero-order valence-corrected chi connectivity index (χ0v) is 7.84. The molecule has 0 saturated heterocycles. The average Bonchev–Trinajstić information content (AvgIpc) is 1.85. The number of rotatable bonds is 1. The summed E-state index contributed by atoms with van der Waals surface area (Å²) in [6.45, 7) is 0. The van der Waals surface area contributed by atoms with E-state index in [-0.39, 0.29) is 0 Å². The Morgan fingerprint density at radius 1 is 1.64 bits per heavy atom. The Labute approximate surface area is 77.7 Å². The predicted octanol–water partition coefficient (Wildman–Crippen LogP) is 2.14. The largest absolute Gasteiger partial charge is 0.481 e. The van der Waals surface area contributed by atoms with Crippen molar-refractivity contribution in [3.05, 3.63) is 24.3 Å². The van der Waals surface area contributed by atoms with Gasteiger partial charge in [0.05, 0.1) is 0 Å². The molecular weight excluding hydrogens is 231 g/mol. The van der Waals surface area contributed by atoms with Crippen LogP contribution in [-0.4, -0.2) is 14.9 Å². The van der Waals surface area contributed by atoms with E-state index in [4.69, 9.17) is 16.7 Å². The molecule has 0 aromatic carbocycles. The maximum atomic E-state index is 10.6. The Hall–Kier alpha value is -0.280. The van der Waals surface area contributed by atoms with Gasteiger partial charge in [-0.05, 0) is 0 Å². The molecule has 0 bridgehead atoms. The number of carbonyl (C=O) groups is 1. The maximum absolute atomic E-state index is 10.6. The summed E-state index contributed by atoms with van der Waals surface area (Å²) in [5.41, 5.74) is 0. The predicted molar refractivity (Wildman–Crippen MR) is 46.9 cm³/mol. The number of carboxylic acids is 1. The Kier molecular flexibility index (Phi) is 2.40. The highest BCUT2D eigenvalue weighted by Crippen LogP contribution is 2.37. The highest BCUT2D eigenvalue weighted by Gasteiger charge is 2.36. The summed E-state index contributed by atoms with van der Waals surface area (Å²) in [6, 6.07) is 0. The molecule has 60 valence electrons.